The van der Waals surface area contributed by atoms with Crippen LogP contribution in [0.25, 0.3) is 0 Å². The fourth-order valence-electron chi connectivity index (χ4n) is 3.18. The number of rotatable bonds is 1. The molecule has 0 bridgehead atoms. The largest absolute Gasteiger partial charge is 0.368 e. The first-order chi connectivity index (χ1) is 10.6. The van der Waals surface area contributed by atoms with Crippen LogP contribution in [0.3, 0.4) is 0 Å². The van der Waals surface area contributed by atoms with E-state index in [1.807, 2.05) is 9.80 Å². The van der Waals surface area contributed by atoms with Crippen LogP contribution in [-0.4, -0.2) is 80.1 Å². The lowest BCUT2D eigenvalue weighted by molar-refractivity contribution is 0.120. The second-order valence-corrected chi connectivity index (χ2v) is 6.39. The average Bonchev–Trinajstić information content (AvgIpc) is 2.55. The molecule has 0 unspecified atom stereocenters. The van der Waals surface area contributed by atoms with Crippen molar-refractivity contribution in [3.05, 3.63) is 29.8 Å². The van der Waals surface area contributed by atoms with Crippen LogP contribution in [0.4, 0.5) is 10.5 Å². The number of urea groups is 1. The number of benzene rings is 1. The first-order valence-electron chi connectivity index (χ1n) is 8.17. The van der Waals surface area contributed by atoms with Gasteiger partial charge >= 0.3 is 6.03 Å². The normalized spacial score (nSPS) is 20.4. The highest BCUT2D eigenvalue weighted by Crippen LogP contribution is 2.18. The van der Waals surface area contributed by atoms with E-state index in [-0.39, 0.29) is 6.03 Å². The van der Waals surface area contributed by atoms with E-state index in [2.05, 4.69) is 48.0 Å². The molecular formula is C17H26N4O. The van der Waals surface area contributed by atoms with Crippen molar-refractivity contribution < 1.29 is 4.79 Å². The highest BCUT2D eigenvalue weighted by Gasteiger charge is 2.27. The summed E-state index contributed by atoms with van der Waals surface area (Å²) in [5, 5.41) is 0. The predicted molar refractivity (Wildman–Crippen MR) is 89.4 cm³/mol. The van der Waals surface area contributed by atoms with Crippen molar-refractivity contribution in [1.82, 2.24) is 14.7 Å². The minimum Gasteiger partial charge on any atom is -0.368 e. The molecule has 5 nitrogen and oxygen atoms in total. The summed E-state index contributed by atoms with van der Waals surface area (Å²) in [7, 11) is 2.11. The summed E-state index contributed by atoms with van der Waals surface area (Å²) in [6, 6.07) is 8.82. The van der Waals surface area contributed by atoms with Crippen molar-refractivity contribution in [3.63, 3.8) is 0 Å². The van der Waals surface area contributed by atoms with Crippen LogP contribution >= 0.6 is 0 Å². The van der Waals surface area contributed by atoms with Gasteiger partial charge in [-0.3, -0.25) is 0 Å². The maximum absolute atomic E-state index is 12.6. The van der Waals surface area contributed by atoms with Crippen LogP contribution in [0.2, 0.25) is 0 Å². The van der Waals surface area contributed by atoms with Gasteiger partial charge < -0.3 is 19.6 Å². The van der Waals surface area contributed by atoms with Crippen LogP contribution in [0.15, 0.2) is 24.3 Å². The van der Waals surface area contributed by atoms with E-state index in [0.717, 1.165) is 52.4 Å². The lowest BCUT2D eigenvalue weighted by Gasteiger charge is -2.40. The van der Waals surface area contributed by atoms with E-state index in [1.165, 1.54) is 11.3 Å². The highest BCUT2D eigenvalue weighted by molar-refractivity contribution is 5.75. The van der Waals surface area contributed by atoms with Crippen molar-refractivity contribution in [2.24, 2.45) is 0 Å². The SMILES string of the molecule is Cc1cccc(N2CCN(C(=O)N3CCN(C)CC3)CC2)c1. The molecule has 2 amide bonds. The van der Waals surface area contributed by atoms with E-state index in [9.17, 15) is 4.79 Å². The van der Waals surface area contributed by atoms with E-state index in [1.54, 1.807) is 0 Å². The Labute approximate surface area is 133 Å². The third kappa shape index (κ3) is 3.35. The Kier molecular flexibility index (Phi) is 4.52. The molecule has 2 aliphatic rings. The van der Waals surface area contributed by atoms with E-state index >= 15 is 0 Å². The number of aryl methyl sites for hydroxylation is 1. The zero-order chi connectivity index (χ0) is 15.5. The van der Waals surface area contributed by atoms with Crippen LogP contribution in [0, 0.1) is 6.92 Å². The minimum atomic E-state index is 0.219. The Bertz CT molecular complexity index is 517. The molecule has 2 heterocycles. The fourth-order valence-corrected chi connectivity index (χ4v) is 3.18. The molecule has 5 heteroatoms. The molecule has 2 fully saturated rings. The second-order valence-electron chi connectivity index (χ2n) is 6.39. The van der Waals surface area contributed by atoms with Crippen molar-refractivity contribution >= 4 is 11.7 Å². The number of piperazine rings is 2. The number of nitrogens with zero attached hydrogens (tertiary/aromatic N) is 4. The van der Waals surface area contributed by atoms with Gasteiger partial charge in [0.15, 0.2) is 0 Å². The summed E-state index contributed by atoms with van der Waals surface area (Å²) < 4.78 is 0. The second kappa shape index (κ2) is 6.57. The van der Waals surface area contributed by atoms with Crippen molar-refractivity contribution in [1.29, 1.82) is 0 Å². The van der Waals surface area contributed by atoms with Crippen LogP contribution in [-0.2, 0) is 0 Å². The van der Waals surface area contributed by atoms with Crippen molar-refractivity contribution in [2.75, 3.05) is 64.3 Å². The molecule has 0 N–H and O–H groups in total. The first kappa shape index (κ1) is 15.2. The van der Waals surface area contributed by atoms with Crippen LogP contribution < -0.4 is 4.90 Å². The summed E-state index contributed by atoms with van der Waals surface area (Å²) in [5.74, 6) is 0. The summed E-state index contributed by atoms with van der Waals surface area (Å²) >= 11 is 0. The number of carbonyl (C=O) groups excluding carboxylic acids is 1. The van der Waals surface area contributed by atoms with Gasteiger partial charge in [-0.1, -0.05) is 12.1 Å². The number of hydrogen-bond acceptors (Lipinski definition) is 3. The summed E-state index contributed by atoms with van der Waals surface area (Å²) in [4.78, 5) is 21.2. The van der Waals surface area contributed by atoms with Crippen molar-refractivity contribution in [3.8, 4) is 0 Å². The van der Waals surface area contributed by atoms with Crippen LogP contribution in [0.5, 0.6) is 0 Å². The number of carbonyl (C=O) groups is 1. The number of anilines is 1. The molecule has 0 radical (unpaired) electrons. The molecular weight excluding hydrogens is 276 g/mol. The van der Waals surface area contributed by atoms with Gasteiger partial charge in [-0.25, -0.2) is 4.79 Å². The lowest BCUT2D eigenvalue weighted by atomic mass is 10.2. The smallest absolute Gasteiger partial charge is 0.320 e. The van der Waals surface area contributed by atoms with E-state index < -0.39 is 0 Å². The Morgan fingerprint density at radius 3 is 2.09 bits per heavy atom. The monoisotopic (exact) mass is 302 g/mol. The molecule has 2 aliphatic heterocycles. The predicted octanol–water partition coefficient (Wildman–Crippen LogP) is 1.48. The van der Waals surface area contributed by atoms with Gasteiger partial charge in [-0.15, -0.1) is 0 Å². The molecule has 0 aromatic heterocycles. The molecule has 2 saturated heterocycles. The van der Waals surface area contributed by atoms with Gasteiger partial charge in [0, 0.05) is 58.0 Å². The van der Waals surface area contributed by atoms with Gasteiger partial charge in [-0.05, 0) is 31.7 Å². The summed E-state index contributed by atoms with van der Waals surface area (Å²) in [6.07, 6.45) is 0. The molecule has 22 heavy (non-hydrogen) atoms. The van der Waals surface area contributed by atoms with Gasteiger partial charge in [0.2, 0.25) is 0 Å². The molecule has 0 spiro atoms. The van der Waals surface area contributed by atoms with Gasteiger partial charge in [-0.2, -0.15) is 0 Å². The zero-order valence-corrected chi connectivity index (χ0v) is 13.7. The minimum absolute atomic E-state index is 0.219. The van der Waals surface area contributed by atoms with E-state index in [4.69, 9.17) is 0 Å². The average molecular weight is 302 g/mol. The lowest BCUT2D eigenvalue weighted by Crippen LogP contribution is -2.56. The standard InChI is InChI=1S/C17H26N4O/c1-15-4-3-5-16(14-15)19-10-12-21(13-11-19)17(22)20-8-6-18(2)7-9-20/h3-5,14H,6-13H2,1-2H3. The van der Waals surface area contributed by atoms with Gasteiger partial charge in [0.05, 0.1) is 0 Å². The molecule has 1 aromatic rings. The Hall–Kier alpha value is -1.75. The Morgan fingerprint density at radius 2 is 1.50 bits per heavy atom. The highest BCUT2D eigenvalue weighted by atomic mass is 16.2. The molecule has 3 rings (SSSR count). The number of hydrogen-bond donors (Lipinski definition) is 0. The van der Waals surface area contributed by atoms with Gasteiger partial charge in [0.1, 0.15) is 0 Å². The maximum atomic E-state index is 12.6. The van der Waals surface area contributed by atoms with Gasteiger partial charge in [0.25, 0.3) is 0 Å². The van der Waals surface area contributed by atoms with Crippen LogP contribution in [0.1, 0.15) is 5.56 Å². The Balaban J connectivity index is 1.54. The Morgan fingerprint density at radius 1 is 0.909 bits per heavy atom. The molecule has 120 valence electrons. The number of likely N-dealkylation sites (N-methyl/N-ethyl adjacent to an activating group) is 1. The summed E-state index contributed by atoms with van der Waals surface area (Å²) in [5.41, 5.74) is 2.56. The molecule has 0 saturated carbocycles. The zero-order valence-electron chi connectivity index (χ0n) is 13.7. The first-order valence-corrected chi connectivity index (χ1v) is 8.17. The third-order valence-electron chi connectivity index (χ3n) is 4.69. The molecule has 0 aliphatic carbocycles. The molecule has 1 aromatic carbocycles. The molecule has 0 atom stereocenters. The fraction of sp³-hybridized carbons (Fsp3) is 0.588. The van der Waals surface area contributed by atoms with E-state index in [0.29, 0.717) is 0 Å². The third-order valence-corrected chi connectivity index (χ3v) is 4.69. The van der Waals surface area contributed by atoms with Crippen molar-refractivity contribution in [2.45, 2.75) is 6.92 Å². The summed E-state index contributed by atoms with van der Waals surface area (Å²) in [6.45, 7) is 9.27. The maximum Gasteiger partial charge on any atom is 0.320 e. The quantitative estimate of drug-likeness (QED) is 0.787. The number of amides is 2. The topological polar surface area (TPSA) is 30.0 Å².